The summed E-state index contributed by atoms with van der Waals surface area (Å²) in [6.45, 7) is 3.70. The largest absolute Gasteiger partial charge is 0.370 e. The Bertz CT molecular complexity index is 545. The van der Waals surface area contributed by atoms with E-state index in [1.54, 1.807) is 6.20 Å². The van der Waals surface area contributed by atoms with E-state index in [-0.39, 0.29) is 0 Å². The Hall–Kier alpha value is -1.81. The third-order valence-electron chi connectivity index (χ3n) is 2.89. The fourth-order valence-corrected chi connectivity index (χ4v) is 1.95. The Kier molecular flexibility index (Phi) is 5.62. The van der Waals surface area contributed by atoms with Gasteiger partial charge in [-0.15, -0.1) is 0 Å². The molecule has 0 atom stereocenters. The number of benzene rings is 1. The van der Waals surface area contributed by atoms with Crippen LogP contribution in [-0.4, -0.2) is 16.5 Å². The van der Waals surface area contributed by atoms with Gasteiger partial charge in [0.2, 0.25) is 5.95 Å². The van der Waals surface area contributed by atoms with E-state index < -0.39 is 0 Å². The van der Waals surface area contributed by atoms with Gasteiger partial charge in [-0.3, -0.25) is 0 Å². The second-order valence-corrected chi connectivity index (χ2v) is 4.90. The highest BCUT2D eigenvalue weighted by Crippen LogP contribution is 2.16. The summed E-state index contributed by atoms with van der Waals surface area (Å²) in [7, 11) is 0. The van der Waals surface area contributed by atoms with Crippen LogP contribution in [0.25, 0.3) is 0 Å². The van der Waals surface area contributed by atoms with E-state index >= 15 is 0 Å². The van der Waals surface area contributed by atoms with Crippen molar-refractivity contribution in [1.29, 1.82) is 0 Å². The van der Waals surface area contributed by atoms with Crippen molar-refractivity contribution in [2.45, 2.75) is 26.3 Å². The fraction of sp³-hybridized carbons (Fsp3) is 0.333. The number of halogens is 1. The third kappa shape index (κ3) is 4.38. The van der Waals surface area contributed by atoms with E-state index in [2.05, 4.69) is 27.5 Å². The number of rotatable bonds is 7. The smallest absolute Gasteiger partial charge is 0.224 e. The maximum Gasteiger partial charge on any atom is 0.224 e. The highest BCUT2D eigenvalue weighted by atomic mass is 35.5. The molecule has 1 aromatic heterocycles. The molecular weight excluding hydrogens is 272 g/mol. The lowest BCUT2D eigenvalue weighted by atomic mass is 10.2. The van der Waals surface area contributed by atoms with Gasteiger partial charge in [-0.05, 0) is 24.1 Å². The number of nitrogens with zero attached hydrogens (tertiary/aromatic N) is 2. The highest BCUT2D eigenvalue weighted by Gasteiger charge is 2.01. The summed E-state index contributed by atoms with van der Waals surface area (Å²) in [4.78, 5) is 8.62. The molecule has 0 spiro atoms. The van der Waals surface area contributed by atoms with Crippen LogP contribution in [0.2, 0.25) is 5.02 Å². The maximum atomic E-state index is 6.11. The Labute approximate surface area is 124 Å². The molecule has 0 aliphatic rings. The van der Waals surface area contributed by atoms with Crippen molar-refractivity contribution in [3.05, 3.63) is 47.1 Å². The number of unbranched alkanes of at least 4 members (excludes halogenated alkanes) is 1. The maximum absolute atomic E-state index is 6.11. The number of anilines is 2. The number of aromatic nitrogens is 2. The van der Waals surface area contributed by atoms with Gasteiger partial charge < -0.3 is 10.6 Å². The normalized spacial score (nSPS) is 10.3. The molecule has 0 radical (unpaired) electrons. The second-order valence-electron chi connectivity index (χ2n) is 4.49. The Morgan fingerprint density at radius 3 is 2.80 bits per heavy atom. The van der Waals surface area contributed by atoms with Crippen LogP contribution in [0.1, 0.15) is 25.3 Å². The molecule has 0 fully saturated rings. The van der Waals surface area contributed by atoms with E-state index in [1.165, 1.54) is 0 Å². The van der Waals surface area contributed by atoms with E-state index in [0.29, 0.717) is 12.5 Å². The SMILES string of the molecule is CCCCNc1ccnc(NCc2ccccc2Cl)n1. The minimum Gasteiger partial charge on any atom is -0.370 e. The lowest BCUT2D eigenvalue weighted by Gasteiger charge is -2.08. The first-order valence-electron chi connectivity index (χ1n) is 6.84. The first-order chi connectivity index (χ1) is 9.79. The summed E-state index contributed by atoms with van der Waals surface area (Å²) in [5.41, 5.74) is 1.03. The minimum absolute atomic E-state index is 0.603. The van der Waals surface area contributed by atoms with Crippen LogP contribution in [-0.2, 0) is 6.54 Å². The molecule has 0 aliphatic carbocycles. The zero-order valence-electron chi connectivity index (χ0n) is 11.6. The molecule has 0 saturated carbocycles. The summed E-state index contributed by atoms with van der Waals surface area (Å²) < 4.78 is 0. The Balaban J connectivity index is 1.93. The number of hydrogen-bond donors (Lipinski definition) is 2. The van der Waals surface area contributed by atoms with Gasteiger partial charge in [0.05, 0.1) is 0 Å². The standard InChI is InChI=1S/C15H19ClN4/c1-2-3-9-17-14-8-10-18-15(20-14)19-11-12-6-4-5-7-13(12)16/h4-8,10H,2-3,9,11H2,1H3,(H2,17,18,19,20). The molecule has 0 amide bonds. The van der Waals surface area contributed by atoms with E-state index in [4.69, 9.17) is 11.6 Å². The summed E-state index contributed by atoms with van der Waals surface area (Å²) in [6, 6.07) is 9.62. The predicted octanol–water partition coefficient (Wildman–Crippen LogP) is 3.95. The van der Waals surface area contributed by atoms with Crippen molar-refractivity contribution >= 4 is 23.4 Å². The van der Waals surface area contributed by atoms with Crippen LogP contribution in [0.4, 0.5) is 11.8 Å². The lowest BCUT2D eigenvalue weighted by molar-refractivity contribution is 0.830. The second kappa shape index (κ2) is 7.70. The molecule has 0 unspecified atom stereocenters. The van der Waals surface area contributed by atoms with Gasteiger partial charge in [0.25, 0.3) is 0 Å². The Morgan fingerprint density at radius 2 is 2.00 bits per heavy atom. The lowest BCUT2D eigenvalue weighted by Crippen LogP contribution is -2.07. The summed E-state index contributed by atoms with van der Waals surface area (Å²) in [5, 5.41) is 7.21. The summed E-state index contributed by atoms with van der Waals surface area (Å²) in [6.07, 6.45) is 4.04. The van der Waals surface area contributed by atoms with Crippen molar-refractivity contribution in [2.75, 3.05) is 17.2 Å². The molecule has 2 aromatic rings. The van der Waals surface area contributed by atoms with Crippen LogP contribution in [0.3, 0.4) is 0 Å². The highest BCUT2D eigenvalue weighted by molar-refractivity contribution is 6.31. The summed E-state index contributed by atoms with van der Waals surface area (Å²) in [5.74, 6) is 1.45. The van der Waals surface area contributed by atoms with Crippen LogP contribution >= 0.6 is 11.6 Å². The van der Waals surface area contributed by atoms with Crippen molar-refractivity contribution in [1.82, 2.24) is 9.97 Å². The van der Waals surface area contributed by atoms with Crippen LogP contribution < -0.4 is 10.6 Å². The molecule has 1 heterocycles. The molecule has 4 nitrogen and oxygen atoms in total. The molecule has 0 saturated heterocycles. The van der Waals surface area contributed by atoms with E-state index in [9.17, 15) is 0 Å². The topological polar surface area (TPSA) is 49.8 Å². The van der Waals surface area contributed by atoms with Gasteiger partial charge in [0.15, 0.2) is 0 Å². The van der Waals surface area contributed by atoms with Gasteiger partial charge in [-0.2, -0.15) is 4.98 Å². The first kappa shape index (κ1) is 14.6. The monoisotopic (exact) mass is 290 g/mol. The van der Waals surface area contributed by atoms with Crippen molar-refractivity contribution in [2.24, 2.45) is 0 Å². The van der Waals surface area contributed by atoms with Crippen molar-refractivity contribution in [3.63, 3.8) is 0 Å². The first-order valence-corrected chi connectivity index (χ1v) is 7.21. The van der Waals surface area contributed by atoms with Crippen molar-refractivity contribution < 1.29 is 0 Å². The number of nitrogens with one attached hydrogen (secondary N) is 2. The molecule has 106 valence electrons. The Morgan fingerprint density at radius 1 is 1.15 bits per heavy atom. The summed E-state index contributed by atoms with van der Waals surface area (Å²) >= 11 is 6.11. The zero-order valence-corrected chi connectivity index (χ0v) is 12.3. The van der Waals surface area contributed by atoms with Crippen molar-refractivity contribution in [3.8, 4) is 0 Å². The van der Waals surface area contributed by atoms with Gasteiger partial charge >= 0.3 is 0 Å². The molecule has 5 heteroatoms. The van der Waals surface area contributed by atoms with Gasteiger partial charge in [-0.25, -0.2) is 4.98 Å². The molecular formula is C15H19ClN4. The van der Waals surface area contributed by atoms with Gasteiger partial charge in [-0.1, -0.05) is 43.1 Å². The zero-order chi connectivity index (χ0) is 14.2. The van der Waals surface area contributed by atoms with E-state index in [1.807, 2.05) is 30.3 Å². The number of hydrogen-bond acceptors (Lipinski definition) is 4. The predicted molar refractivity (Wildman–Crippen MR) is 84.2 cm³/mol. The average molecular weight is 291 g/mol. The quantitative estimate of drug-likeness (QED) is 0.758. The molecule has 1 aromatic carbocycles. The van der Waals surface area contributed by atoms with Crippen LogP contribution in [0, 0.1) is 0 Å². The molecule has 2 rings (SSSR count). The fourth-order valence-electron chi connectivity index (χ4n) is 1.75. The van der Waals surface area contributed by atoms with Crippen LogP contribution in [0.5, 0.6) is 0 Å². The third-order valence-corrected chi connectivity index (χ3v) is 3.26. The molecule has 20 heavy (non-hydrogen) atoms. The molecule has 0 aliphatic heterocycles. The van der Waals surface area contributed by atoms with Gasteiger partial charge in [0, 0.05) is 24.3 Å². The molecule has 2 N–H and O–H groups in total. The van der Waals surface area contributed by atoms with Gasteiger partial charge in [0.1, 0.15) is 5.82 Å². The minimum atomic E-state index is 0.603. The van der Waals surface area contributed by atoms with Crippen LogP contribution in [0.15, 0.2) is 36.5 Å². The molecule has 0 bridgehead atoms. The average Bonchev–Trinajstić information content (AvgIpc) is 2.47. The van der Waals surface area contributed by atoms with E-state index in [0.717, 1.165) is 35.8 Å².